The molecule has 0 N–H and O–H groups in total. The highest BCUT2D eigenvalue weighted by atomic mass is 15.2. The van der Waals surface area contributed by atoms with Crippen LogP contribution >= 0.6 is 0 Å². The van der Waals surface area contributed by atoms with Gasteiger partial charge in [0.15, 0.2) is 0 Å². The highest BCUT2D eigenvalue weighted by Gasteiger charge is 2.43. The molecule has 7 aromatic rings. The van der Waals surface area contributed by atoms with E-state index in [-0.39, 0.29) is 6.71 Å². The summed E-state index contributed by atoms with van der Waals surface area (Å²) < 4.78 is 0. The molecule has 10 rings (SSSR count). The Labute approximate surface area is 301 Å². The van der Waals surface area contributed by atoms with Gasteiger partial charge in [-0.15, -0.1) is 0 Å². The van der Waals surface area contributed by atoms with E-state index in [0.29, 0.717) is 5.92 Å². The van der Waals surface area contributed by atoms with Crippen molar-refractivity contribution in [2.75, 3.05) is 9.80 Å². The first-order valence-corrected chi connectivity index (χ1v) is 18.6. The number of fused-ring (bicyclic) bond motifs is 4. The van der Waals surface area contributed by atoms with Crippen LogP contribution in [0.2, 0.25) is 0 Å². The molecular weight excluding hydrogens is 615 g/mol. The van der Waals surface area contributed by atoms with Gasteiger partial charge in [0, 0.05) is 34.1 Å². The summed E-state index contributed by atoms with van der Waals surface area (Å²) in [7, 11) is 0. The largest absolute Gasteiger partial charge is 0.311 e. The summed E-state index contributed by atoms with van der Waals surface area (Å²) in [5.41, 5.74) is 18.0. The van der Waals surface area contributed by atoms with E-state index in [1.807, 2.05) is 0 Å². The van der Waals surface area contributed by atoms with Crippen molar-refractivity contribution in [3.05, 3.63) is 175 Å². The Kier molecular flexibility index (Phi) is 7.38. The summed E-state index contributed by atoms with van der Waals surface area (Å²) in [5, 5.41) is 0. The fourth-order valence-corrected chi connectivity index (χ4v) is 9.04. The molecule has 3 heteroatoms. The monoisotopic (exact) mass is 654 g/mol. The molecule has 0 radical (unpaired) electrons. The van der Waals surface area contributed by atoms with Crippen LogP contribution in [0.4, 0.5) is 34.1 Å². The first kappa shape index (κ1) is 30.1. The van der Waals surface area contributed by atoms with Crippen molar-refractivity contribution in [2.24, 2.45) is 0 Å². The van der Waals surface area contributed by atoms with E-state index in [4.69, 9.17) is 0 Å². The number of hydrogen-bond donors (Lipinski definition) is 0. The molecule has 1 aliphatic carbocycles. The zero-order chi connectivity index (χ0) is 33.7. The van der Waals surface area contributed by atoms with Crippen LogP contribution in [0.5, 0.6) is 0 Å². The second-order valence-corrected chi connectivity index (χ2v) is 14.4. The molecular formula is C48H39BN2. The predicted octanol–water partition coefficient (Wildman–Crippen LogP) is 11.2. The van der Waals surface area contributed by atoms with Gasteiger partial charge in [-0.05, 0) is 111 Å². The maximum atomic E-state index is 2.57. The number of benzene rings is 7. The van der Waals surface area contributed by atoms with Crippen LogP contribution in [0.15, 0.2) is 170 Å². The number of hydrogen-bond acceptors (Lipinski definition) is 2. The van der Waals surface area contributed by atoms with Crippen molar-refractivity contribution >= 4 is 57.2 Å². The number of rotatable bonds is 5. The first-order chi connectivity index (χ1) is 25.3. The van der Waals surface area contributed by atoms with E-state index in [0.717, 1.165) is 0 Å². The molecule has 1 fully saturated rings. The maximum absolute atomic E-state index is 2.57. The Morgan fingerprint density at radius 1 is 0.392 bits per heavy atom. The van der Waals surface area contributed by atoms with Gasteiger partial charge >= 0.3 is 0 Å². The molecule has 51 heavy (non-hydrogen) atoms. The SMILES string of the molecule is c1ccc(-c2cccc(N3c4ccccc4B4c5ccc(-c6ccccc6)cc5N(c5ccccc5)c5cc(C6CCCCC6)cc3c54)c2)cc1. The average Bonchev–Trinajstić information content (AvgIpc) is 3.21. The van der Waals surface area contributed by atoms with Crippen LogP contribution in [0.25, 0.3) is 22.3 Å². The summed E-state index contributed by atoms with van der Waals surface area (Å²) in [5.74, 6) is 0.558. The lowest BCUT2D eigenvalue weighted by Crippen LogP contribution is -2.61. The van der Waals surface area contributed by atoms with Crippen molar-refractivity contribution in [2.45, 2.75) is 38.0 Å². The topological polar surface area (TPSA) is 6.48 Å². The van der Waals surface area contributed by atoms with Gasteiger partial charge in [0.05, 0.1) is 0 Å². The van der Waals surface area contributed by atoms with E-state index in [9.17, 15) is 0 Å². The quantitative estimate of drug-likeness (QED) is 0.170. The minimum Gasteiger partial charge on any atom is -0.311 e. The lowest BCUT2D eigenvalue weighted by molar-refractivity contribution is 0.444. The molecule has 0 amide bonds. The number of nitrogens with zero attached hydrogens (tertiary/aromatic N) is 2. The molecule has 7 aromatic carbocycles. The summed E-state index contributed by atoms with van der Waals surface area (Å²) >= 11 is 0. The molecule has 2 nitrogen and oxygen atoms in total. The second-order valence-electron chi connectivity index (χ2n) is 14.4. The molecule has 244 valence electrons. The second kappa shape index (κ2) is 12.5. The highest BCUT2D eigenvalue weighted by Crippen LogP contribution is 2.47. The van der Waals surface area contributed by atoms with Gasteiger partial charge in [-0.2, -0.15) is 0 Å². The Bertz CT molecular complexity index is 2340. The summed E-state index contributed by atoms with van der Waals surface area (Å²) in [6.45, 7) is 0.111. The Balaban J connectivity index is 1.27. The van der Waals surface area contributed by atoms with Gasteiger partial charge in [0.1, 0.15) is 0 Å². The van der Waals surface area contributed by atoms with Crippen LogP contribution in [0.1, 0.15) is 43.6 Å². The molecule has 2 aliphatic heterocycles. The number of anilines is 6. The molecule has 0 saturated heterocycles. The Morgan fingerprint density at radius 2 is 0.941 bits per heavy atom. The van der Waals surface area contributed by atoms with E-state index < -0.39 is 0 Å². The molecule has 0 aromatic heterocycles. The van der Waals surface area contributed by atoms with Gasteiger partial charge in [-0.3, -0.25) is 0 Å². The van der Waals surface area contributed by atoms with Gasteiger partial charge in [-0.1, -0.05) is 141 Å². The van der Waals surface area contributed by atoms with Crippen LogP contribution < -0.4 is 26.2 Å². The third-order valence-corrected chi connectivity index (χ3v) is 11.4. The van der Waals surface area contributed by atoms with Gasteiger partial charge in [0.2, 0.25) is 0 Å². The van der Waals surface area contributed by atoms with Crippen molar-refractivity contribution < 1.29 is 0 Å². The lowest BCUT2D eigenvalue weighted by Gasteiger charge is -2.45. The summed E-state index contributed by atoms with van der Waals surface area (Å²) in [6.07, 6.45) is 6.45. The van der Waals surface area contributed by atoms with Gasteiger partial charge < -0.3 is 9.80 Å². The highest BCUT2D eigenvalue weighted by molar-refractivity contribution is 7.00. The summed E-state index contributed by atoms with van der Waals surface area (Å²) in [4.78, 5) is 5.13. The third kappa shape index (κ3) is 5.10. The van der Waals surface area contributed by atoms with Crippen molar-refractivity contribution in [3.63, 3.8) is 0 Å². The molecule has 0 spiro atoms. The van der Waals surface area contributed by atoms with Crippen LogP contribution in [-0.2, 0) is 0 Å². The minimum absolute atomic E-state index is 0.111. The van der Waals surface area contributed by atoms with Crippen molar-refractivity contribution in [3.8, 4) is 22.3 Å². The zero-order valence-electron chi connectivity index (χ0n) is 28.8. The van der Waals surface area contributed by atoms with Crippen molar-refractivity contribution in [1.29, 1.82) is 0 Å². The Morgan fingerprint density at radius 3 is 1.65 bits per heavy atom. The fraction of sp³-hybridized carbons (Fsp3) is 0.125. The third-order valence-electron chi connectivity index (χ3n) is 11.4. The lowest BCUT2D eigenvalue weighted by atomic mass is 9.33. The Hall–Kier alpha value is -5.80. The van der Waals surface area contributed by atoms with Crippen LogP contribution in [0.3, 0.4) is 0 Å². The van der Waals surface area contributed by atoms with E-state index in [1.54, 1.807) is 0 Å². The molecule has 0 atom stereocenters. The molecule has 3 aliphatic rings. The minimum atomic E-state index is 0.111. The predicted molar refractivity (Wildman–Crippen MR) is 217 cm³/mol. The van der Waals surface area contributed by atoms with Crippen LogP contribution in [-0.4, -0.2) is 6.71 Å². The summed E-state index contributed by atoms with van der Waals surface area (Å²) in [6, 6.07) is 63.2. The molecule has 2 heterocycles. The average molecular weight is 655 g/mol. The number of para-hydroxylation sites is 2. The standard InChI is InChI=1S/C48H39BN2/c1-5-16-34(17-6-1)37-22-15-25-41(30-37)51-44-27-14-13-26-42(44)49-43-29-28-38(35-18-7-2-8-19-35)31-45(43)50(40-23-11-4-12-24-40)46-32-39(33-47(51)48(46)49)36-20-9-3-10-21-36/h1-2,4-8,11-19,22-33,36H,3,9-10,20-21H2. The normalized spacial score (nSPS) is 14.9. The zero-order valence-corrected chi connectivity index (χ0v) is 28.8. The molecule has 0 bridgehead atoms. The van der Waals surface area contributed by atoms with E-state index in [1.165, 1.54) is 110 Å². The maximum Gasteiger partial charge on any atom is 0.252 e. The smallest absolute Gasteiger partial charge is 0.252 e. The molecule has 0 unspecified atom stereocenters. The first-order valence-electron chi connectivity index (χ1n) is 18.6. The molecule has 1 saturated carbocycles. The van der Waals surface area contributed by atoms with Crippen molar-refractivity contribution in [1.82, 2.24) is 0 Å². The van der Waals surface area contributed by atoms with E-state index in [2.05, 4.69) is 180 Å². The fourth-order valence-electron chi connectivity index (χ4n) is 9.04. The van der Waals surface area contributed by atoms with Gasteiger partial charge in [-0.25, -0.2) is 0 Å². The van der Waals surface area contributed by atoms with Crippen LogP contribution in [0, 0.1) is 0 Å². The van der Waals surface area contributed by atoms with Gasteiger partial charge in [0.25, 0.3) is 6.71 Å². The van der Waals surface area contributed by atoms with E-state index >= 15 is 0 Å².